The van der Waals surface area contributed by atoms with Crippen molar-refractivity contribution in [1.29, 1.82) is 0 Å². The SMILES string of the molecule is CCCNc1ncc(CN2CCCC(C)(O)CC2)s1. The van der Waals surface area contributed by atoms with Crippen molar-refractivity contribution in [2.45, 2.75) is 51.7 Å². The molecule has 0 saturated carbocycles. The molecule has 1 aliphatic heterocycles. The summed E-state index contributed by atoms with van der Waals surface area (Å²) < 4.78 is 0. The third-order valence-corrected chi connectivity index (χ3v) is 4.56. The van der Waals surface area contributed by atoms with Crippen molar-refractivity contribution < 1.29 is 5.11 Å². The van der Waals surface area contributed by atoms with Crippen LogP contribution in [-0.2, 0) is 6.54 Å². The van der Waals surface area contributed by atoms with Crippen LogP contribution in [0.2, 0.25) is 0 Å². The summed E-state index contributed by atoms with van der Waals surface area (Å²) in [6, 6.07) is 0. The molecule has 0 spiro atoms. The van der Waals surface area contributed by atoms with E-state index >= 15 is 0 Å². The number of likely N-dealkylation sites (tertiary alicyclic amines) is 1. The maximum atomic E-state index is 10.1. The third kappa shape index (κ3) is 4.75. The Labute approximate surface area is 119 Å². The Kier molecular flexibility index (Phi) is 5.19. The van der Waals surface area contributed by atoms with Gasteiger partial charge in [0, 0.05) is 30.7 Å². The molecule has 1 aromatic heterocycles. The van der Waals surface area contributed by atoms with Crippen molar-refractivity contribution in [1.82, 2.24) is 9.88 Å². The van der Waals surface area contributed by atoms with Crippen molar-refractivity contribution in [3.8, 4) is 0 Å². The number of nitrogens with one attached hydrogen (secondary N) is 1. The van der Waals surface area contributed by atoms with Gasteiger partial charge in [0.15, 0.2) is 5.13 Å². The van der Waals surface area contributed by atoms with E-state index in [-0.39, 0.29) is 0 Å². The summed E-state index contributed by atoms with van der Waals surface area (Å²) in [5.74, 6) is 0. The zero-order valence-electron chi connectivity index (χ0n) is 12.0. The first-order valence-corrected chi connectivity index (χ1v) is 8.04. The topological polar surface area (TPSA) is 48.4 Å². The highest BCUT2D eigenvalue weighted by atomic mass is 32.1. The maximum Gasteiger partial charge on any atom is 0.182 e. The van der Waals surface area contributed by atoms with E-state index in [9.17, 15) is 5.11 Å². The summed E-state index contributed by atoms with van der Waals surface area (Å²) in [5, 5.41) is 14.4. The molecule has 108 valence electrons. The molecule has 2 N–H and O–H groups in total. The molecule has 1 fully saturated rings. The number of anilines is 1. The minimum Gasteiger partial charge on any atom is -0.390 e. The molecule has 1 unspecified atom stereocenters. The van der Waals surface area contributed by atoms with Gasteiger partial charge >= 0.3 is 0 Å². The van der Waals surface area contributed by atoms with E-state index in [1.807, 2.05) is 13.1 Å². The Morgan fingerprint density at radius 2 is 2.32 bits per heavy atom. The summed E-state index contributed by atoms with van der Waals surface area (Å²) in [6.45, 7) is 8.11. The second-order valence-corrected chi connectivity index (χ2v) is 6.80. The molecular weight excluding hydrogens is 258 g/mol. The summed E-state index contributed by atoms with van der Waals surface area (Å²) in [5.41, 5.74) is -0.476. The van der Waals surface area contributed by atoms with Crippen LogP contribution in [-0.4, -0.2) is 40.2 Å². The minimum absolute atomic E-state index is 0.476. The molecule has 0 amide bonds. The van der Waals surface area contributed by atoms with Gasteiger partial charge in [0.25, 0.3) is 0 Å². The number of hydrogen-bond acceptors (Lipinski definition) is 5. The number of aliphatic hydroxyl groups is 1. The van der Waals surface area contributed by atoms with E-state index in [1.165, 1.54) is 4.88 Å². The van der Waals surface area contributed by atoms with Crippen LogP contribution in [0, 0.1) is 0 Å². The first-order valence-electron chi connectivity index (χ1n) is 7.22. The van der Waals surface area contributed by atoms with Gasteiger partial charge in [-0.2, -0.15) is 0 Å². The normalized spacial score (nSPS) is 25.2. The molecule has 1 saturated heterocycles. The van der Waals surface area contributed by atoms with Gasteiger partial charge in [-0.15, -0.1) is 11.3 Å². The standard InChI is InChI=1S/C14H25N3OS/c1-3-7-15-13-16-10-12(19-13)11-17-8-4-5-14(2,18)6-9-17/h10,18H,3-9,11H2,1-2H3,(H,15,16). The fraction of sp³-hybridized carbons (Fsp3) is 0.786. The van der Waals surface area contributed by atoms with Gasteiger partial charge in [-0.1, -0.05) is 6.92 Å². The van der Waals surface area contributed by atoms with Gasteiger partial charge < -0.3 is 10.4 Å². The molecule has 0 aromatic carbocycles. The van der Waals surface area contributed by atoms with E-state index in [0.29, 0.717) is 0 Å². The predicted molar refractivity (Wildman–Crippen MR) is 80.6 cm³/mol. The number of aromatic nitrogens is 1. The zero-order chi connectivity index (χ0) is 13.7. The quantitative estimate of drug-likeness (QED) is 0.872. The van der Waals surface area contributed by atoms with Crippen LogP contribution in [0.4, 0.5) is 5.13 Å². The molecule has 1 atom stereocenters. The summed E-state index contributed by atoms with van der Waals surface area (Å²) in [6.07, 6.45) is 5.96. The molecule has 0 bridgehead atoms. The van der Waals surface area contributed by atoms with E-state index in [0.717, 1.165) is 57.0 Å². The zero-order valence-corrected chi connectivity index (χ0v) is 12.8. The smallest absolute Gasteiger partial charge is 0.182 e. The van der Waals surface area contributed by atoms with Crippen LogP contribution in [0.25, 0.3) is 0 Å². The number of nitrogens with zero attached hydrogens (tertiary/aromatic N) is 2. The fourth-order valence-electron chi connectivity index (χ4n) is 2.39. The Balaban J connectivity index is 1.85. The Morgan fingerprint density at radius 3 is 3.11 bits per heavy atom. The number of thiazole rings is 1. The number of rotatable bonds is 5. The van der Waals surface area contributed by atoms with E-state index in [4.69, 9.17) is 0 Å². The number of hydrogen-bond donors (Lipinski definition) is 2. The van der Waals surface area contributed by atoms with Crippen LogP contribution in [0.15, 0.2) is 6.20 Å². The Hall–Kier alpha value is -0.650. The van der Waals surface area contributed by atoms with Crippen molar-refractivity contribution in [3.05, 3.63) is 11.1 Å². The van der Waals surface area contributed by atoms with Crippen LogP contribution in [0.5, 0.6) is 0 Å². The lowest BCUT2D eigenvalue weighted by Gasteiger charge is -2.21. The van der Waals surface area contributed by atoms with Crippen molar-refractivity contribution in [3.63, 3.8) is 0 Å². The molecule has 4 nitrogen and oxygen atoms in total. The van der Waals surface area contributed by atoms with Crippen LogP contribution in [0.3, 0.4) is 0 Å². The molecule has 1 aliphatic rings. The van der Waals surface area contributed by atoms with E-state index in [2.05, 4.69) is 22.1 Å². The molecule has 2 rings (SSSR count). The summed E-state index contributed by atoms with van der Waals surface area (Å²) >= 11 is 1.75. The maximum absolute atomic E-state index is 10.1. The van der Waals surface area contributed by atoms with Gasteiger partial charge in [0.2, 0.25) is 0 Å². The summed E-state index contributed by atoms with van der Waals surface area (Å²) in [7, 11) is 0. The fourth-order valence-corrected chi connectivity index (χ4v) is 3.27. The lowest BCUT2D eigenvalue weighted by atomic mass is 9.98. The second kappa shape index (κ2) is 6.68. The van der Waals surface area contributed by atoms with Gasteiger partial charge in [0.05, 0.1) is 5.60 Å². The van der Waals surface area contributed by atoms with Crippen molar-refractivity contribution in [2.75, 3.05) is 25.0 Å². The molecule has 1 aromatic rings. The van der Waals surface area contributed by atoms with Crippen molar-refractivity contribution >= 4 is 16.5 Å². The van der Waals surface area contributed by atoms with Crippen molar-refractivity contribution in [2.24, 2.45) is 0 Å². The molecule has 19 heavy (non-hydrogen) atoms. The van der Waals surface area contributed by atoms with E-state index in [1.54, 1.807) is 11.3 Å². The Bertz CT molecular complexity index is 392. The lowest BCUT2D eigenvalue weighted by molar-refractivity contribution is 0.0444. The lowest BCUT2D eigenvalue weighted by Crippen LogP contribution is -2.27. The monoisotopic (exact) mass is 283 g/mol. The highest BCUT2D eigenvalue weighted by Crippen LogP contribution is 2.24. The minimum atomic E-state index is -0.476. The largest absolute Gasteiger partial charge is 0.390 e. The highest BCUT2D eigenvalue weighted by molar-refractivity contribution is 7.15. The highest BCUT2D eigenvalue weighted by Gasteiger charge is 2.25. The van der Waals surface area contributed by atoms with E-state index < -0.39 is 5.60 Å². The summed E-state index contributed by atoms with van der Waals surface area (Å²) in [4.78, 5) is 8.14. The molecule has 0 radical (unpaired) electrons. The van der Waals surface area contributed by atoms with Crippen LogP contribution < -0.4 is 5.32 Å². The van der Waals surface area contributed by atoms with Gasteiger partial charge in [-0.25, -0.2) is 4.98 Å². The molecule has 2 heterocycles. The van der Waals surface area contributed by atoms with Gasteiger partial charge in [-0.3, -0.25) is 4.90 Å². The molecule has 0 aliphatic carbocycles. The predicted octanol–water partition coefficient (Wildman–Crippen LogP) is 2.70. The van der Waals surface area contributed by atoms with Gasteiger partial charge in [0.1, 0.15) is 0 Å². The molecule has 5 heteroatoms. The first-order chi connectivity index (χ1) is 9.09. The molecular formula is C14H25N3OS. The van der Waals surface area contributed by atoms with Crippen LogP contribution in [0.1, 0.15) is 44.4 Å². The van der Waals surface area contributed by atoms with Crippen LogP contribution >= 0.6 is 11.3 Å². The van der Waals surface area contributed by atoms with Gasteiger partial charge in [-0.05, 0) is 39.2 Å². The average molecular weight is 283 g/mol. The Morgan fingerprint density at radius 1 is 1.47 bits per heavy atom. The second-order valence-electron chi connectivity index (χ2n) is 5.69. The first kappa shape index (κ1) is 14.8. The average Bonchev–Trinajstić information content (AvgIpc) is 2.73. The third-order valence-electron chi connectivity index (χ3n) is 3.62.